The fourth-order valence-electron chi connectivity index (χ4n) is 2.92. The molecule has 1 heterocycles. The van der Waals surface area contributed by atoms with Crippen molar-refractivity contribution in [2.45, 2.75) is 59.0 Å². The average Bonchev–Trinajstić information content (AvgIpc) is 2.65. The Hall–Kier alpha value is -2.70. The topological polar surface area (TPSA) is 90.3 Å². The molecule has 0 bridgehead atoms. The van der Waals surface area contributed by atoms with Gasteiger partial charge >= 0.3 is 5.97 Å². The van der Waals surface area contributed by atoms with E-state index in [9.17, 15) is 14.4 Å². The highest BCUT2D eigenvalue weighted by Crippen LogP contribution is 2.08. The average molecular weight is 387 g/mol. The zero-order valence-corrected chi connectivity index (χ0v) is 16.8. The van der Waals surface area contributed by atoms with Gasteiger partial charge in [0.15, 0.2) is 6.61 Å². The van der Waals surface area contributed by atoms with Crippen molar-refractivity contribution in [2.75, 3.05) is 6.61 Å². The first-order chi connectivity index (χ1) is 13.4. The molecule has 7 heteroatoms. The van der Waals surface area contributed by atoms with E-state index in [2.05, 4.69) is 24.1 Å². The lowest BCUT2D eigenvalue weighted by molar-refractivity contribution is -0.148. The van der Waals surface area contributed by atoms with Crippen LogP contribution in [0.1, 0.15) is 46.5 Å². The number of hydrogen-bond donors (Lipinski definition) is 1. The molecule has 1 unspecified atom stereocenters. The van der Waals surface area contributed by atoms with Crippen LogP contribution in [0.4, 0.5) is 0 Å². The molecule has 1 atom stereocenters. The fraction of sp³-hybridized carbons (Fsp3) is 0.524. The molecule has 2 rings (SSSR count). The Morgan fingerprint density at radius 3 is 2.68 bits per heavy atom. The fourth-order valence-corrected chi connectivity index (χ4v) is 2.92. The number of benzene rings is 1. The number of amides is 1. The van der Waals surface area contributed by atoms with Crippen molar-refractivity contribution in [3.05, 3.63) is 40.9 Å². The Morgan fingerprint density at radius 1 is 1.18 bits per heavy atom. The van der Waals surface area contributed by atoms with Crippen LogP contribution in [0.15, 0.2) is 35.4 Å². The summed E-state index contributed by atoms with van der Waals surface area (Å²) in [5.41, 5.74) is 0.414. The van der Waals surface area contributed by atoms with Gasteiger partial charge in [-0.25, -0.2) is 4.98 Å². The smallest absolute Gasteiger partial charge is 0.308 e. The summed E-state index contributed by atoms with van der Waals surface area (Å²) in [6.45, 7) is 6.13. The second-order valence-corrected chi connectivity index (χ2v) is 7.46. The molecule has 0 aliphatic heterocycles. The summed E-state index contributed by atoms with van der Waals surface area (Å²) in [5, 5.41) is 3.33. The van der Waals surface area contributed by atoms with Crippen LogP contribution in [0.2, 0.25) is 0 Å². The number of carbonyl (C=O) groups excluding carboxylic acids is 2. The summed E-state index contributed by atoms with van der Waals surface area (Å²) in [5.74, 6) is -0.188. The minimum absolute atomic E-state index is 0.00283. The van der Waals surface area contributed by atoms with E-state index >= 15 is 0 Å². The van der Waals surface area contributed by atoms with Crippen LogP contribution in [0, 0.1) is 5.92 Å². The second-order valence-electron chi connectivity index (χ2n) is 7.46. The molecule has 0 radical (unpaired) electrons. The van der Waals surface area contributed by atoms with E-state index in [1.807, 2.05) is 13.0 Å². The molecule has 0 aliphatic rings. The number of ether oxygens (including phenoxy) is 1. The molecule has 1 amide bonds. The van der Waals surface area contributed by atoms with Gasteiger partial charge in [-0.15, -0.1) is 0 Å². The number of aromatic nitrogens is 2. The lowest BCUT2D eigenvalue weighted by Crippen LogP contribution is -2.36. The summed E-state index contributed by atoms with van der Waals surface area (Å²) in [4.78, 5) is 40.3. The molecule has 0 aliphatic carbocycles. The highest BCUT2D eigenvalue weighted by molar-refractivity contribution is 5.80. The number of para-hydroxylation sites is 1. The number of carbonyl (C=O) groups is 2. The van der Waals surface area contributed by atoms with Crippen LogP contribution in [0.25, 0.3) is 10.9 Å². The lowest BCUT2D eigenvalue weighted by Gasteiger charge is -2.14. The number of aryl methyl sites for hydroxylation is 1. The number of esters is 1. The summed E-state index contributed by atoms with van der Waals surface area (Å²) in [6.07, 6.45) is 4.49. The predicted molar refractivity (Wildman–Crippen MR) is 108 cm³/mol. The van der Waals surface area contributed by atoms with Gasteiger partial charge in [0.2, 0.25) is 0 Å². The van der Waals surface area contributed by atoms with Gasteiger partial charge in [0.05, 0.1) is 23.7 Å². The minimum Gasteiger partial charge on any atom is -0.456 e. The van der Waals surface area contributed by atoms with Crippen molar-refractivity contribution >= 4 is 22.8 Å². The van der Waals surface area contributed by atoms with Crippen LogP contribution in [0.5, 0.6) is 0 Å². The van der Waals surface area contributed by atoms with Crippen LogP contribution in [-0.2, 0) is 20.9 Å². The van der Waals surface area contributed by atoms with E-state index in [-0.39, 0.29) is 37.1 Å². The van der Waals surface area contributed by atoms with Crippen LogP contribution in [0.3, 0.4) is 0 Å². The van der Waals surface area contributed by atoms with Gasteiger partial charge in [-0.3, -0.25) is 19.0 Å². The normalized spacial score (nSPS) is 12.1. The third-order valence-electron chi connectivity index (χ3n) is 4.48. The first-order valence-corrected chi connectivity index (χ1v) is 9.76. The Kier molecular flexibility index (Phi) is 8.17. The maximum atomic E-state index is 12.4. The Labute approximate surface area is 165 Å². The van der Waals surface area contributed by atoms with Gasteiger partial charge in [0.25, 0.3) is 11.5 Å². The van der Waals surface area contributed by atoms with Crippen molar-refractivity contribution in [3.8, 4) is 0 Å². The monoisotopic (exact) mass is 387 g/mol. The van der Waals surface area contributed by atoms with Crippen LogP contribution >= 0.6 is 0 Å². The van der Waals surface area contributed by atoms with Crippen molar-refractivity contribution < 1.29 is 14.3 Å². The van der Waals surface area contributed by atoms with E-state index in [1.54, 1.807) is 18.2 Å². The highest BCUT2D eigenvalue weighted by Gasteiger charge is 2.12. The van der Waals surface area contributed by atoms with Gasteiger partial charge in [0.1, 0.15) is 0 Å². The number of fused-ring (bicyclic) bond motifs is 1. The molecule has 0 spiro atoms. The molecule has 0 fully saturated rings. The summed E-state index contributed by atoms with van der Waals surface area (Å²) >= 11 is 0. The lowest BCUT2D eigenvalue weighted by atomic mass is 10.0. The van der Waals surface area contributed by atoms with E-state index in [0.717, 1.165) is 19.3 Å². The SMILES string of the molecule is CC(C)CCCC(C)NC(=O)COC(=O)CCn1cnc2ccccc2c1=O. The van der Waals surface area contributed by atoms with Crippen molar-refractivity contribution in [1.82, 2.24) is 14.9 Å². The van der Waals surface area contributed by atoms with E-state index < -0.39 is 5.97 Å². The molecule has 0 saturated carbocycles. The molecule has 152 valence electrons. The minimum atomic E-state index is -0.525. The first kappa shape index (κ1) is 21.6. The van der Waals surface area contributed by atoms with Gasteiger partial charge in [-0.1, -0.05) is 38.8 Å². The first-order valence-electron chi connectivity index (χ1n) is 9.76. The number of nitrogens with one attached hydrogen (secondary N) is 1. The summed E-state index contributed by atoms with van der Waals surface area (Å²) in [7, 11) is 0. The van der Waals surface area contributed by atoms with Gasteiger partial charge in [-0.2, -0.15) is 0 Å². The molecule has 28 heavy (non-hydrogen) atoms. The predicted octanol–water partition coefficient (Wildman–Crippen LogP) is 2.66. The highest BCUT2D eigenvalue weighted by atomic mass is 16.5. The molecular weight excluding hydrogens is 358 g/mol. The largest absolute Gasteiger partial charge is 0.456 e. The Bertz CT molecular complexity index is 860. The number of nitrogens with zero attached hydrogens (tertiary/aromatic N) is 2. The molecule has 7 nitrogen and oxygen atoms in total. The quantitative estimate of drug-likeness (QED) is 0.633. The van der Waals surface area contributed by atoms with Crippen molar-refractivity contribution in [1.29, 1.82) is 0 Å². The third-order valence-corrected chi connectivity index (χ3v) is 4.48. The zero-order chi connectivity index (χ0) is 20.5. The van der Waals surface area contributed by atoms with Crippen LogP contribution in [-0.4, -0.2) is 34.1 Å². The Balaban J connectivity index is 1.73. The van der Waals surface area contributed by atoms with Gasteiger partial charge < -0.3 is 10.1 Å². The standard InChI is InChI=1S/C21H29N3O4/c1-15(2)7-6-8-16(3)23-19(25)13-28-20(26)11-12-24-14-22-18-10-5-4-9-17(18)21(24)27/h4-5,9-10,14-16H,6-8,11-13H2,1-3H3,(H,23,25). The van der Waals surface area contributed by atoms with Gasteiger partial charge in [-0.05, 0) is 31.4 Å². The Morgan fingerprint density at radius 2 is 1.93 bits per heavy atom. The molecule has 1 N–H and O–H groups in total. The van der Waals surface area contributed by atoms with Gasteiger partial charge in [0, 0.05) is 12.6 Å². The molecular formula is C21H29N3O4. The number of hydrogen-bond acceptors (Lipinski definition) is 5. The maximum Gasteiger partial charge on any atom is 0.308 e. The molecule has 0 saturated heterocycles. The zero-order valence-electron chi connectivity index (χ0n) is 16.8. The summed E-state index contributed by atoms with van der Waals surface area (Å²) < 4.78 is 6.39. The third kappa shape index (κ3) is 6.79. The molecule has 1 aromatic carbocycles. The van der Waals surface area contributed by atoms with E-state index in [1.165, 1.54) is 10.9 Å². The van der Waals surface area contributed by atoms with E-state index in [0.29, 0.717) is 16.8 Å². The van der Waals surface area contributed by atoms with Crippen molar-refractivity contribution in [3.63, 3.8) is 0 Å². The molecule has 1 aromatic heterocycles. The van der Waals surface area contributed by atoms with E-state index in [4.69, 9.17) is 4.74 Å². The van der Waals surface area contributed by atoms with Crippen molar-refractivity contribution in [2.24, 2.45) is 5.92 Å². The second kappa shape index (κ2) is 10.6. The maximum absolute atomic E-state index is 12.4. The molecule has 2 aromatic rings. The van der Waals surface area contributed by atoms with Crippen LogP contribution < -0.4 is 10.9 Å². The summed E-state index contributed by atoms with van der Waals surface area (Å²) in [6, 6.07) is 7.09. The number of rotatable bonds is 10.